The van der Waals surface area contributed by atoms with E-state index in [1.807, 2.05) is 54.6 Å². The van der Waals surface area contributed by atoms with Gasteiger partial charge in [-0.15, -0.1) is 0 Å². The number of hydrogen-bond acceptors (Lipinski definition) is 6. The third-order valence-electron chi connectivity index (χ3n) is 6.13. The molecule has 0 fully saturated rings. The summed E-state index contributed by atoms with van der Waals surface area (Å²) in [5, 5.41) is 15.2. The first-order valence-corrected chi connectivity index (χ1v) is 12.3. The molecule has 7 nitrogen and oxygen atoms in total. The van der Waals surface area contributed by atoms with Gasteiger partial charge in [0.1, 0.15) is 23.1 Å². The lowest BCUT2D eigenvalue weighted by Gasteiger charge is -2.28. The summed E-state index contributed by atoms with van der Waals surface area (Å²) in [5.74, 6) is 1.12. The van der Waals surface area contributed by atoms with E-state index in [2.05, 4.69) is 34.9 Å². The van der Waals surface area contributed by atoms with Crippen molar-refractivity contribution in [2.24, 2.45) is 0 Å². The molecule has 3 aromatic carbocycles. The van der Waals surface area contributed by atoms with Crippen molar-refractivity contribution in [2.75, 3.05) is 32.1 Å². The van der Waals surface area contributed by atoms with Gasteiger partial charge in [-0.3, -0.25) is 0 Å². The predicted octanol–water partition coefficient (Wildman–Crippen LogP) is 6.21. The minimum Gasteiger partial charge on any atom is -0.496 e. The Morgan fingerprint density at radius 3 is 2.18 bits per heavy atom. The van der Waals surface area contributed by atoms with Crippen LogP contribution in [0.15, 0.2) is 78.9 Å². The average Bonchev–Trinajstić information content (AvgIpc) is 2.93. The fourth-order valence-electron chi connectivity index (χ4n) is 4.31. The summed E-state index contributed by atoms with van der Waals surface area (Å²) >= 11 is 0. The molecule has 0 radical (unpaired) electrons. The van der Waals surface area contributed by atoms with Crippen molar-refractivity contribution >= 4 is 22.7 Å². The SMILES string of the molecule is COc1cc(NCCCNCC2c3ccccc3Oc3ccccc32)nc2ccccc12.O=C(O)C(F)(F)F. The van der Waals surface area contributed by atoms with Gasteiger partial charge in [-0.1, -0.05) is 48.5 Å². The monoisotopic (exact) mass is 539 g/mol. The minimum absolute atomic E-state index is 0.288. The molecule has 2 heterocycles. The molecule has 3 N–H and O–H groups in total. The Bertz CT molecular complexity index is 1380. The number of anilines is 1. The Morgan fingerprint density at radius 1 is 0.974 bits per heavy atom. The predicted molar refractivity (Wildman–Crippen MR) is 143 cm³/mol. The number of carbonyl (C=O) groups is 1. The third-order valence-corrected chi connectivity index (χ3v) is 6.13. The van der Waals surface area contributed by atoms with Crippen molar-refractivity contribution in [3.8, 4) is 17.2 Å². The normalized spacial score (nSPS) is 12.4. The fourth-order valence-corrected chi connectivity index (χ4v) is 4.31. The number of alkyl halides is 3. The van der Waals surface area contributed by atoms with Crippen LogP contribution >= 0.6 is 0 Å². The lowest BCUT2D eigenvalue weighted by atomic mass is 9.88. The zero-order valence-corrected chi connectivity index (χ0v) is 21.2. The maximum absolute atomic E-state index is 10.6. The zero-order chi connectivity index (χ0) is 27.8. The molecule has 204 valence electrons. The topological polar surface area (TPSA) is 92.7 Å². The number of hydrogen-bond donors (Lipinski definition) is 3. The molecule has 1 aliphatic rings. The number of nitrogens with zero attached hydrogens (tertiary/aromatic N) is 1. The van der Waals surface area contributed by atoms with Crippen LogP contribution in [0, 0.1) is 0 Å². The summed E-state index contributed by atoms with van der Waals surface area (Å²) in [6.45, 7) is 2.63. The van der Waals surface area contributed by atoms with Crippen LogP contribution in [0.4, 0.5) is 19.0 Å². The average molecular weight is 540 g/mol. The first-order chi connectivity index (χ1) is 18.8. The summed E-state index contributed by atoms with van der Waals surface area (Å²) in [6.07, 6.45) is -4.09. The lowest BCUT2D eigenvalue weighted by Crippen LogP contribution is -2.26. The van der Waals surface area contributed by atoms with Gasteiger partial charge in [0.15, 0.2) is 0 Å². The van der Waals surface area contributed by atoms with Crippen LogP contribution in [0.5, 0.6) is 17.2 Å². The first kappa shape index (κ1) is 27.7. The Balaban J connectivity index is 0.000000448. The Kier molecular flexibility index (Phi) is 8.88. The number of fused-ring (bicyclic) bond motifs is 3. The van der Waals surface area contributed by atoms with Gasteiger partial charge < -0.3 is 25.2 Å². The summed E-state index contributed by atoms with van der Waals surface area (Å²) < 4.78 is 43.4. The van der Waals surface area contributed by atoms with Crippen molar-refractivity contribution in [3.05, 3.63) is 90.0 Å². The highest BCUT2D eigenvalue weighted by molar-refractivity contribution is 5.86. The largest absolute Gasteiger partial charge is 0.496 e. The highest BCUT2D eigenvalue weighted by atomic mass is 19.4. The quantitative estimate of drug-likeness (QED) is 0.230. The third kappa shape index (κ3) is 6.97. The molecule has 0 spiro atoms. The van der Waals surface area contributed by atoms with Gasteiger partial charge >= 0.3 is 12.1 Å². The van der Waals surface area contributed by atoms with Crippen molar-refractivity contribution in [1.29, 1.82) is 0 Å². The minimum atomic E-state index is -5.08. The van der Waals surface area contributed by atoms with Crippen LogP contribution < -0.4 is 20.1 Å². The summed E-state index contributed by atoms with van der Waals surface area (Å²) in [5.41, 5.74) is 3.41. The Morgan fingerprint density at radius 2 is 1.56 bits per heavy atom. The van der Waals surface area contributed by atoms with E-state index >= 15 is 0 Å². The second-order valence-electron chi connectivity index (χ2n) is 8.74. The number of halogens is 3. The van der Waals surface area contributed by atoms with E-state index in [0.29, 0.717) is 0 Å². The lowest BCUT2D eigenvalue weighted by molar-refractivity contribution is -0.192. The molecule has 10 heteroatoms. The number of nitrogens with one attached hydrogen (secondary N) is 2. The maximum atomic E-state index is 10.6. The molecule has 0 unspecified atom stereocenters. The van der Waals surface area contributed by atoms with E-state index < -0.39 is 12.1 Å². The molecule has 1 aromatic heterocycles. The number of pyridine rings is 1. The number of aliphatic carboxylic acids is 1. The molecule has 0 amide bonds. The molecule has 0 atom stereocenters. The zero-order valence-electron chi connectivity index (χ0n) is 21.2. The van der Waals surface area contributed by atoms with Gasteiger partial charge in [0, 0.05) is 41.6 Å². The summed E-state index contributed by atoms with van der Waals surface area (Å²) in [6, 6.07) is 26.6. The van der Waals surface area contributed by atoms with Gasteiger partial charge in [-0.2, -0.15) is 13.2 Å². The number of rotatable bonds is 8. The van der Waals surface area contributed by atoms with E-state index in [-0.39, 0.29) is 5.92 Å². The van der Waals surface area contributed by atoms with Crippen LogP contribution in [0.2, 0.25) is 0 Å². The molecular formula is C29H28F3N3O4. The van der Waals surface area contributed by atoms with Crippen molar-refractivity contribution in [2.45, 2.75) is 18.5 Å². The number of methoxy groups -OCH3 is 1. The molecule has 0 aliphatic carbocycles. The molecule has 1 aliphatic heterocycles. The standard InChI is InChI=1S/C27H27N3O2.C2HF3O2/c1-31-26-17-27(30-23-12-5-2-11-21(23)26)29-16-8-15-28-18-22-19-9-3-6-13-24(19)32-25-14-7-4-10-20(22)25;3-2(4,5)1(6)7/h2-7,9-14,17,22,28H,8,15-16,18H2,1H3,(H,29,30);(H,6,7). The fraction of sp³-hybridized carbons (Fsp3) is 0.241. The number of para-hydroxylation sites is 3. The second kappa shape index (κ2) is 12.5. The van der Waals surface area contributed by atoms with Gasteiger partial charge in [-0.05, 0) is 37.2 Å². The van der Waals surface area contributed by atoms with Crippen LogP contribution in [-0.2, 0) is 4.79 Å². The molecule has 0 saturated heterocycles. The van der Waals surface area contributed by atoms with Crippen molar-refractivity contribution in [1.82, 2.24) is 10.3 Å². The van der Waals surface area contributed by atoms with E-state index in [9.17, 15) is 13.2 Å². The van der Waals surface area contributed by atoms with Gasteiger partial charge in [-0.25, -0.2) is 9.78 Å². The van der Waals surface area contributed by atoms with Crippen LogP contribution in [-0.4, -0.2) is 49.0 Å². The van der Waals surface area contributed by atoms with Crippen molar-refractivity contribution in [3.63, 3.8) is 0 Å². The molecule has 4 aromatic rings. The van der Waals surface area contributed by atoms with Crippen LogP contribution in [0.3, 0.4) is 0 Å². The number of carboxylic acid groups (broad SMARTS) is 1. The highest BCUT2D eigenvalue weighted by Gasteiger charge is 2.38. The first-order valence-electron chi connectivity index (χ1n) is 12.3. The molecular weight excluding hydrogens is 511 g/mol. The van der Waals surface area contributed by atoms with E-state index in [1.54, 1.807) is 7.11 Å². The smallest absolute Gasteiger partial charge is 0.490 e. The summed E-state index contributed by atoms with van der Waals surface area (Å²) in [4.78, 5) is 13.6. The number of aromatic nitrogens is 1. The van der Waals surface area contributed by atoms with E-state index in [0.717, 1.165) is 60.0 Å². The van der Waals surface area contributed by atoms with Gasteiger partial charge in [0.05, 0.1) is 12.6 Å². The van der Waals surface area contributed by atoms with Gasteiger partial charge in [0.2, 0.25) is 0 Å². The summed E-state index contributed by atoms with van der Waals surface area (Å²) in [7, 11) is 1.70. The van der Waals surface area contributed by atoms with Crippen LogP contribution in [0.1, 0.15) is 23.5 Å². The number of carboxylic acids is 1. The second-order valence-corrected chi connectivity index (χ2v) is 8.74. The van der Waals surface area contributed by atoms with Crippen LogP contribution in [0.25, 0.3) is 10.9 Å². The van der Waals surface area contributed by atoms with Crippen molar-refractivity contribution < 1.29 is 32.5 Å². The molecule has 0 saturated carbocycles. The molecule has 0 bridgehead atoms. The molecule has 39 heavy (non-hydrogen) atoms. The number of benzene rings is 3. The highest BCUT2D eigenvalue weighted by Crippen LogP contribution is 2.43. The Labute approximate surface area is 223 Å². The Hall–Kier alpha value is -4.31. The van der Waals surface area contributed by atoms with E-state index in [1.165, 1.54) is 11.1 Å². The maximum Gasteiger partial charge on any atom is 0.490 e. The number of ether oxygens (including phenoxy) is 2. The molecule has 5 rings (SSSR count). The van der Waals surface area contributed by atoms with Gasteiger partial charge in [0.25, 0.3) is 0 Å². The van der Waals surface area contributed by atoms with E-state index in [4.69, 9.17) is 24.4 Å².